The predicted octanol–water partition coefficient (Wildman–Crippen LogP) is 3.30. The summed E-state index contributed by atoms with van der Waals surface area (Å²) in [7, 11) is 0. The van der Waals surface area contributed by atoms with Crippen LogP contribution in [0, 0.1) is 5.41 Å². The summed E-state index contributed by atoms with van der Waals surface area (Å²) in [5, 5.41) is 11.1. The summed E-state index contributed by atoms with van der Waals surface area (Å²) >= 11 is 0. The van der Waals surface area contributed by atoms with Crippen molar-refractivity contribution in [2.45, 2.75) is 57.7 Å². The Kier molecular flexibility index (Phi) is 4.37. The van der Waals surface area contributed by atoms with E-state index < -0.39 is 0 Å². The molecule has 1 spiro atoms. The average molecular weight is 326 g/mol. The van der Waals surface area contributed by atoms with Crippen LogP contribution in [0.5, 0.6) is 0 Å². The van der Waals surface area contributed by atoms with Crippen LogP contribution in [0.15, 0.2) is 30.7 Å². The Bertz CT molecular complexity index is 663. The zero-order chi connectivity index (χ0) is 16.4. The SMILES string of the molecule is CCO[C@H]1C[C@@H](NCc2cn[nH]c2-c2cccnc2)C12CCCC2. The molecule has 2 atom stereocenters. The van der Waals surface area contributed by atoms with E-state index in [1.54, 1.807) is 6.20 Å². The van der Waals surface area contributed by atoms with Gasteiger partial charge in [0.1, 0.15) is 0 Å². The lowest BCUT2D eigenvalue weighted by atomic mass is 9.60. The molecule has 2 aliphatic carbocycles. The van der Waals surface area contributed by atoms with Crippen molar-refractivity contribution in [1.29, 1.82) is 0 Å². The fourth-order valence-electron chi connectivity index (χ4n) is 4.61. The maximum Gasteiger partial charge on any atom is 0.0710 e. The van der Waals surface area contributed by atoms with E-state index in [1.165, 1.54) is 31.2 Å². The molecule has 0 amide bonds. The fourth-order valence-corrected chi connectivity index (χ4v) is 4.61. The number of pyridine rings is 1. The second kappa shape index (κ2) is 6.65. The van der Waals surface area contributed by atoms with Crippen molar-refractivity contribution >= 4 is 0 Å². The zero-order valence-corrected chi connectivity index (χ0v) is 14.3. The van der Waals surface area contributed by atoms with Crippen LogP contribution in [-0.4, -0.2) is 33.9 Å². The van der Waals surface area contributed by atoms with Gasteiger partial charge in [0.15, 0.2) is 0 Å². The van der Waals surface area contributed by atoms with Gasteiger partial charge >= 0.3 is 0 Å². The van der Waals surface area contributed by atoms with Crippen molar-refractivity contribution in [3.8, 4) is 11.3 Å². The molecule has 5 nitrogen and oxygen atoms in total. The first-order chi connectivity index (χ1) is 11.8. The normalized spacial score (nSPS) is 25.0. The van der Waals surface area contributed by atoms with Gasteiger partial charge in [-0.25, -0.2) is 0 Å². The minimum atomic E-state index is 0.369. The smallest absolute Gasteiger partial charge is 0.0710 e. The number of ether oxygens (including phenoxy) is 1. The lowest BCUT2D eigenvalue weighted by molar-refractivity contribution is -0.130. The number of nitrogens with zero attached hydrogens (tertiary/aromatic N) is 2. The molecule has 0 saturated heterocycles. The van der Waals surface area contributed by atoms with Gasteiger partial charge in [-0.05, 0) is 38.3 Å². The molecule has 128 valence electrons. The largest absolute Gasteiger partial charge is 0.378 e. The van der Waals surface area contributed by atoms with Gasteiger partial charge in [-0.2, -0.15) is 5.10 Å². The molecule has 0 bridgehead atoms. The summed E-state index contributed by atoms with van der Waals surface area (Å²) in [6, 6.07) is 4.59. The van der Waals surface area contributed by atoms with E-state index in [1.807, 2.05) is 18.5 Å². The van der Waals surface area contributed by atoms with Crippen molar-refractivity contribution < 1.29 is 4.74 Å². The molecule has 0 aromatic carbocycles. The lowest BCUT2D eigenvalue weighted by Crippen LogP contribution is -2.62. The van der Waals surface area contributed by atoms with Crippen LogP contribution in [0.1, 0.15) is 44.6 Å². The summed E-state index contributed by atoms with van der Waals surface area (Å²) in [4.78, 5) is 4.21. The molecule has 0 aliphatic heterocycles. The van der Waals surface area contributed by atoms with Crippen molar-refractivity contribution in [2.75, 3.05) is 6.61 Å². The Balaban J connectivity index is 1.44. The Morgan fingerprint density at radius 3 is 2.96 bits per heavy atom. The monoisotopic (exact) mass is 326 g/mol. The maximum absolute atomic E-state index is 6.01. The van der Waals surface area contributed by atoms with Gasteiger partial charge in [0.25, 0.3) is 0 Å². The first-order valence-corrected chi connectivity index (χ1v) is 9.11. The highest BCUT2D eigenvalue weighted by Crippen LogP contribution is 2.54. The molecule has 2 saturated carbocycles. The highest BCUT2D eigenvalue weighted by atomic mass is 16.5. The van der Waals surface area contributed by atoms with E-state index in [4.69, 9.17) is 4.74 Å². The van der Waals surface area contributed by atoms with Gasteiger partial charge in [-0.15, -0.1) is 0 Å². The molecule has 0 radical (unpaired) electrons. The summed E-state index contributed by atoms with van der Waals surface area (Å²) in [6.45, 7) is 3.77. The van der Waals surface area contributed by atoms with Gasteiger partial charge in [-0.1, -0.05) is 12.8 Å². The third-order valence-electron chi connectivity index (χ3n) is 5.89. The Labute approximate surface area is 143 Å². The second-order valence-electron chi connectivity index (χ2n) is 7.07. The van der Waals surface area contributed by atoms with Crippen molar-refractivity contribution in [3.63, 3.8) is 0 Å². The molecule has 2 heterocycles. The molecule has 5 heteroatoms. The van der Waals surface area contributed by atoms with Crippen LogP contribution >= 0.6 is 0 Å². The van der Waals surface area contributed by atoms with Crippen LogP contribution in [0.25, 0.3) is 11.3 Å². The molecule has 24 heavy (non-hydrogen) atoms. The first-order valence-electron chi connectivity index (χ1n) is 9.11. The summed E-state index contributed by atoms with van der Waals surface area (Å²) in [5.41, 5.74) is 3.73. The summed E-state index contributed by atoms with van der Waals surface area (Å²) < 4.78 is 6.01. The molecule has 2 fully saturated rings. The van der Waals surface area contributed by atoms with Gasteiger partial charge in [0, 0.05) is 48.1 Å². The van der Waals surface area contributed by atoms with Crippen LogP contribution < -0.4 is 5.32 Å². The minimum Gasteiger partial charge on any atom is -0.378 e. The summed E-state index contributed by atoms with van der Waals surface area (Å²) in [5.74, 6) is 0. The van der Waals surface area contributed by atoms with Gasteiger partial charge in [0.05, 0.1) is 18.0 Å². The Hall–Kier alpha value is -1.72. The zero-order valence-electron chi connectivity index (χ0n) is 14.3. The number of nitrogens with one attached hydrogen (secondary N) is 2. The highest BCUT2D eigenvalue weighted by Gasteiger charge is 2.56. The number of rotatable bonds is 6. The number of aromatic amines is 1. The van der Waals surface area contributed by atoms with Gasteiger partial charge in [0.2, 0.25) is 0 Å². The molecule has 2 aromatic heterocycles. The Morgan fingerprint density at radius 1 is 1.33 bits per heavy atom. The quantitative estimate of drug-likeness (QED) is 0.855. The highest BCUT2D eigenvalue weighted by molar-refractivity contribution is 5.61. The minimum absolute atomic E-state index is 0.369. The van der Waals surface area contributed by atoms with Gasteiger partial charge in [-0.3, -0.25) is 10.1 Å². The van der Waals surface area contributed by atoms with E-state index >= 15 is 0 Å². The number of H-pyrrole nitrogens is 1. The second-order valence-corrected chi connectivity index (χ2v) is 7.07. The standard InChI is InChI=1S/C19H26N4O/c1-2-24-17-10-16(19(17)7-3-4-8-19)21-12-15-13-22-23-18(15)14-6-5-9-20-11-14/h5-6,9,11,13,16-17,21H,2-4,7-8,10,12H2,1H3,(H,22,23)/t16-,17+/m1/s1. The third-order valence-corrected chi connectivity index (χ3v) is 5.89. The van der Waals surface area contributed by atoms with Crippen molar-refractivity contribution in [1.82, 2.24) is 20.5 Å². The Morgan fingerprint density at radius 2 is 2.21 bits per heavy atom. The van der Waals surface area contributed by atoms with Crippen LogP contribution in [-0.2, 0) is 11.3 Å². The number of hydrogen-bond donors (Lipinski definition) is 2. The average Bonchev–Trinajstić information content (AvgIpc) is 3.29. The van der Waals surface area contributed by atoms with E-state index in [0.29, 0.717) is 17.6 Å². The number of aromatic nitrogens is 3. The number of hydrogen-bond acceptors (Lipinski definition) is 4. The van der Waals surface area contributed by atoms with E-state index in [-0.39, 0.29) is 0 Å². The molecule has 2 aliphatic rings. The van der Waals surface area contributed by atoms with Gasteiger partial charge < -0.3 is 10.1 Å². The van der Waals surface area contributed by atoms with E-state index in [9.17, 15) is 0 Å². The fraction of sp³-hybridized carbons (Fsp3) is 0.579. The molecule has 4 rings (SSSR count). The maximum atomic E-state index is 6.01. The molecule has 2 N–H and O–H groups in total. The van der Waals surface area contributed by atoms with E-state index in [0.717, 1.165) is 30.8 Å². The topological polar surface area (TPSA) is 62.8 Å². The lowest BCUT2D eigenvalue weighted by Gasteiger charge is -2.54. The molecular weight excluding hydrogens is 300 g/mol. The third kappa shape index (κ3) is 2.66. The molecule has 2 aromatic rings. The summed E-state index contributed by atoms with van der Waals surface area (Å²) in [6.07, 6.45) is 12.5. The first kappa shape index (κ1) is 15.8. The van der Waals surface area contributed by atoms with Crippen molar-refractivity contribution in [2.24, 2.45) is 5.41 Å². The molecule has 0 unspecified atom stereocenters. The molecular formula is C19H26N4O. The van der Waals surface area contributed by atoms with E-state index in [2.05, 4.69) is 33.5 Å². The van der Waals surface area contributed by atoms with Crippen LogP contribution in [0.2, 0.25) is 0 Å². The predicted molar refractivity (Wildman–Crippen MR) is 93.4 cm³/mol. The van der Waals surface area contributed by atoms with Crippen LogP contribution in [0.4, 0.5) is 0 Å². The van der Waals surface area contributed by atoms with Crippen molar-refractivity contribution in [3.05, 3.63) is 36.3 Å². The van der Waals surface area contributed by atoms with Crippen LogP contribution in [0.3, 0.4) is 0 Å².